The molecule has 0 spiro atoms. The van der Waals surface area contributed by atoms with Gasteiger partial charge in [0.15, 0.2) is 11.6 Å². The van der Waals surface area contributed by atoms with Crippen LogP contribution in [0.25, 0.3) is 0 Å². The van der Waals surface area contributed by atoms with E-state index in [9.17, 15) is 12.8 Å². The van der Waals surface area contributed by atoms with Crippen LogP contribution in [0.2, 0.25) is 0 Å². The molecular formula is C14H21FN2O3S. The van der Waals surface area contributed by atoms with Crippen LogP contribution in [-0.2, 0) is 10.0 Å². The summed E-state index contributed by atoms with van der Waals surface area (Å²) in [5, 5.41) is 0. The van der Waals surface area contributed by atoms with Crippen molar-refractivity contribution in [3.8, 4) is 5.75 Å². The number of hydrogen-bond donors (Lipinski definition) is 2. The lowest BCUT2D eigenvalue weighted by atomic mass is 9.98. The zero-order valence-electron chi connectivity index (χ0n) is 12.4. The molecule has 0 radical (unpaired) electrons. The highest BCUT2D eigenvalue weighted by atomic mass is 32.2. The lowest BCUT2D eigenvalue weighted by molar-refractivity contribution is 0.387. The van der Waals surface area contributed by atoms with Gasteiger partial charge in [-0.05, 0) is 36.8 Å². The quantitative estimate of drug-likeness (QED) is 0.834. The first-order valence-electron chi connectivity index (χ1n) is 6.91. The Bertz CT molecular complexity index is 610. The van der Waals surface area contributed by atoms with Crippen molar-refractivity contribution in [1.29, 1.82) is 0 Å². The maximum Gasteiger partial charge on any atom is 0.241 e. The lowest BCUT2D eigenvalue weighted by Gasteiger charge is -2.20. The number of anilines is 1. The van der Waals surface area contributed by atoms with E-state index in [-0.39, 0.29) is 28.3 Å². The average molecular weight is 316 g/mol. The fraction of sp³-hybridized carbons (Fsp3) is 0.571. The molecule has 3 N–H and O–H groups in total. The van der Waals surface area contributed by atoms with Crippen LogP contribution in [0.3, 0.4) is 0 Å². The van der Waals surface area contributed by atoms with E-state index < -0.39 is 15.8 Å². The van der Waals surface area contributed by atoms with E-state index in [4.69, 9.17) is 10.5 Å². The van der Waals surface area contributed by atoms with E-state index in [0.717, 1.165) is 18.9 Å². The van der Waals surface area contributed by atoms with Crippen LogP contribution in [0.5, 0.6) is 5.75 Å². The summed E-state index contributed by atoms with van der Waals surface area (Å²) in [6.07, 6.45) is 1.77. The summed E-state index contributed by atoms with van der Waals surface area (Å²) in [6, 6.07) is 2.02. The molecule has 1 aliphatic rings. The van der Waals surface area contributed by atoms with Gasteiger partial charge in [-0.15, -0.1) is 0 Å². The van der Waals surface area contributed by atoms with Crippen LogP contribution in [0.1, 0.15) is 26.7 Å². The van der Waals surface area contributed by atoms with Gasteiger partial charge in [0.1, 0.15) is 0 Å². The van der Waals surface area contributed by atoms with E-state index in [1.165, 1.54) is 13.2 Å². The minimum absolute atomic E-state index is 0.0364. The Labute approximate surface area is 124 Å². The molecule has 1 aromatic rings. The second-order valence-electron chi connectivity index (χ2n) is 5.67. The molecule has 2 rings (SSSR count). The summed E-state index contributed by atoms with van der Waals surface area (Å²) in [5.41, 5.74) is 5.59. The van der Waals surface area contributed by atoms with E-state index in [1.54, 1.807) is 0 Å². The minimum atomic E-state index is -3.80. The molecule has 7 heteroatoms. The SMILES string of the molecule is COc1c(N)cc(S(=O)(=O)NC2CCC(C)C2C)cc1F. The minimum Gasteiger partial charge on any atom is -0.492 e. The number of sulfonamides is 1. The Morgan fingerprint density at radius 3 is 2.48 bits per heavy atom. The van der Waals surface area contributed by atoms with Gasteiger partial charge >= 0.3 is 0 Å². The smallest absolute Gasteiger partial charge is 0.241 e. The zero-order chi connectivity index (χ0) is 15.8. The number of nitrogen functional groups attached to an aromatic ring is 1. The number of nitrogens with one attached hydrogen (secondary N) is 1. The molecule has 1 saturated carbocycles. The van der Waals surface area contributed by atoms with Crippen molar-refractivity contribution in [2.45, 2.75) is 37.6 Å². The Kier molecular flexibility index (Phi) is 4.43. The molecule has 0 aromatic heterocycles. The topological polar surface area (TPSA) is 81.4 Å². The standard InChI is InChI=1S/C14H21FN2O3S/c1-8-4-5-13(9(8)2)17-21(18,19)10-6-11(15)14(20-3)12(16)7-10/h6-9,13,17H,4-5,16H2,1-3H3. The molecule has 1 aromatic carbocycles. The van der Waals surface area contributed by atoms with Crippen LogP contribution in [0.4, 0.5) is 10.1 Å². The van der Waals surface area contributed by atoms with Gasteiger partial charge in [0.25, 0.3) is 0 Å². The highest BCUT2D eigenvalue weighted by molar-refractivity contribution is 7.89. The Balaban J connectivity index is 2.28. The summed E-state index contributed by atoms with van der Waals surface area (Å²) >= 11 is 0. The molecule has 0 heterocycles. The number of rotatable bonds is 4. The average Bonchev–Trinajstić information content (AvgIpc) is 2.70. The first-order valence-corrected chi connectivity index (χ1v) is 8.40. The van der Waals surface area contributed by atoms with Crippen molar-refractivity contribution < 1.29 is 17.5 Å². The van der Waals surface area contributed by atoms with Crippen LogP contribution in [0.15, 0.2) is 17.0 Å². The van der Waals surface area contributed by atoms with Gasteiger partial charge in [-0.2, -0.15) is 0 Å². The molecule has 3 unspecified atom stereocenters. The Hall–Kier alpha value is -1.34. The number of nitrogens with two attached hydrogens (primary N) is 1. The first-order chi connectivity index (χ1) is 9.76. The molecule has 0 saturated heterocycles. The van der Waals surface area contributed by atoms with Crippen molar-refractivity contribution >= 4 is 15.7 Å². The van der Waals surface area contributed by atoms with Crippen molar-refractivity contribution in [2.24, 2.45) is 11.8 Å². The molecule has 21 heavy (non-hydrogen) atoms. The maximum atomic E-state index is 13.8. The molecule has 118 valence electrons. The van der Waals surface area contributed by atoms with Gasteiger partial charge < -0.3 is 10.5 Å². The van der Waals surface area contributed by atoms with Crippen molar-refractivity contribution in [1.82, 2.24) is 4.72 Å². The predicted octanol–water partition coefficient (Wildman–Crippen LogP) is 2.13. The predicted molar refractivity (Wildman–Crippen MR) is 79.0 cm³/mol. The third-order valence-electron chi connectivity index (χ3n) is 4.33. The van der Waals surface area contributed by atoms with E-state index in [0.29, 0.717) is 5.92 Å². The monoisotopic (exact) mass is 316 g/mol. The molecule has 0 bridgehead atoms. The molecular weight excluding hydrogens is 295 g/mol. The highest BCUT2D eigenvalue weighted by Crippen LogP contribution is 2.33. The fourth-order valence-corrected chi connectivity index (χ4v) is 4.17. The van der Waals surface area contributed by atoms with Crippen LogP contribution >= 0.6 is 0 Å². The second kappa shape index (κ2) is 5.81. The Morgan fingerprint density at radius 2 is 2.00 bits per heavy atom. The van der Waals surface area contributed by atoms with E-state index >= 15 is 0 Å². The lowest BCUT2D eigenvalue weighted by Crippen LogP contribution is -2.37. The van der Waals surface area contributed by atoms with Gasteiger partial charge in [-0.3, -0.25) is 0 Å². The normalized spacial score (nSPS) is 26.0. The molecule has 1 fully saturated rings. The van der Waals surface area contributed by atoms with Crippen LogP contribution < -0.4 is 15.2 Å². The third kappa shape index (κ3) is 3.13. The van der Waals surface area contributed by atoms with Crippen LogP contribution in [0, 0.1) is 17.7 Å². The van der Waals surface area contributed by atoms with Crippen molar-refractivity contribution in [2.75, 3.05) is 12.8 Å². The highest BCUT2D eigenvalue weighted by Gasteiger charge is 2.33. The van der Waals surface area contributed by atoms with Crippen molar-refractivity contribution in [3.05, 3.63) is 17.9 Å². The molecule has 0 amide bonds. The number of benzene rings is 1. The fourth-order valence-electron chi connectivity index (χ4n) is 2.76. The first kappa shape index (κ1) is 16.0. The van der Waals surface area contributed by atoms with Crippen LogP contribution in [-0.4, -0.2) is 21.6 Å². The number of methoxy groups -OCH3 is 1. The summed E-state index contributed by atoms with van der Waals surface area (Å²) in [4.78, 5) is -0.176. The molecule has 1 aliphatic carbocycles. The maximum absolute atomic E-state index is 13.8. The summed E-state index contributed by atoms with van der Waals surface area (Å²) in [5.74, 6) is -0.210. The van der Waals surface area contributed by atoms with Crippen molar-refractivity contribution in [3.63, 3.8) is 0 Å². The number of halogens is 1. The third-order valence-corrected chi connectivity index (χ3v) is 5.80. The molecule has 5 nitrogen and oxygen atoms in total. The van der Waals surface area contributed by atoms with E-state index in [1.807, 2.05) is 6.92 Å². The van der Waals surface area contributed by atoms with Gasteiger partial charge in [0, 0.05) is 6.04 Å². The number of hydrogen-bond acceptors (Lipinski definition) is 4. The zero-order valence-corrected chi connectivity index (χ0v) is 13.2. The summed E-state index contributed by atoms with van der Waals surface area (Å²) in [6.45, 7) is 4.12. The van der Waals surface area contributed by atoms with Gasteiger partial charge in [-0.1, -0.05) is 13.8 Å². The number of ether oxygens (including phenoxy) is 1. The largest absolute Gasteiger partial charge is 0.492 e. The van der Waals surface area contributed by atoms with Gasteiger partial charge in [-0.25, -0.2) is 17.5 Å². The summed E-state index contributed by atoms with van der Waals surface area (Å²) < 4.78 is 46.0. The molecule has 3 atom stereocenters. The second-order valence-corrected chi connectivity index (χ2v) is 7.38. The van der Waals surface area contributed by atoms with E-state index in [2.05, 4.69) is 11.6 Å². The Morgan fingerprint density at radius 1 is 1.33 bits per heavy atom. The van der Waals surface area contributed by atoms with Gasteiger partial charge in [0.05, 0.1) is 17.7 Å². The molecule has 0 aliphatic heterocycles. The van der Waals surface area contributed by atoms with Gasteiger partial charge in [0.2, 0.25) is 10.0 Å². The summed E-state index contributed by atoms with van der Waals surface area (Å²) in [7, 11) is -2.52.